The van der Waals surface area contributed by atoms with Crippen molar-refractivity contribution in [3.05, 3.63) is 59.7 Å². The van der Waals surface area contributed by atoms with Crippen LogP contribution in [-0.2, 0) is 17.7 Å². The molecule has 1 aliphatic heterocycles. The van der Waals surface area contributed by atoms with E-state index in [-0.39, 0.29) is 5.60 Å². The molecule has 0 spiro atoms. The van der Waals surface area contributed by atoms with E-state index in [1.807, 2.05) is 6.07 Å². The lowest BCUT2D eigenvalue weighted by Crippen LogP contribution is -2.82. The van der Waals surface area contributed by atoms with Gasteiger partial charge in [-0.15, -0.1) is 0 Å². The van der Waals surface area contributed by atoms with Gasteiger partial charge in [-0.3, -0.25) is 0 Å². The number of nitrogens with two attached hydrogens (primary N) is 1. The summed E-state index contributed by atoms with van der Waals surface area (Å²) >= 11 is 0. The minimum absolute atomic E-state index is 0.00121. The highest BCUT2D eigenvalue weighted by Crippen LogP contribution is 2.36. The largest absolute Gasteiger partial charge is 0.493 e. The molecule has 2 N–H and O–H groups in total. The number of benzene rings is 2. The second-order valence-corrected chi connectivity index (χ2v) is 9.07. The van der Waals surface area contributed by atoms with Crippen LogP contribution in [0.25, 0.3) is 0 Å². The fourth-order valence-corrected chi connectivity index (χ4v) is 4.71. The Bertz CT molecular complexity index is 775. The number of rotatable bonds is 10. The van der Waals surface area contributed by atoms with Crippen molar-refractivity contribution < 1.29 is 19.5 Å². The molecule has 30 heavy (non-hydrogen) atoms. The van der Waals surface area contributed by atoms with Gasteiger partial charge in [0.05, 0.1) is 26.4 Å². The van der Waals surface area contributed by atoms with Gasteiger partial charge in [0.15, 0.2) is 11.5 Å². The quantitative estimate of drug-likeness (QED) is 0.594. The summed E-state index contributed by atoms with van der Waals surface area (Å²) in [5, 5.41) is 2.42. The van der Waals surface area contributed by atoms with E-state index in [0.29, 0.717) is 5.92 Å². The van der Waals surface area contributed by atoms with Crippen molar-refractivity contribution in [1.29, 1.82) is 0 Å². The van der Waals surface area contributed by atoms with Gasteiger partial charge in [0.1, 0.15) is 6.54 Å². The Morgan fingerprint density at radius 2 is 1.80 bits per heavy atom. The molecule has 2 aromatic carbocycles. The highest BCUT2D eigenvalue weighted by molar-refractivity contribution is 5.42. The van der Waals surface area contributed by atoms with Gasteiger partial charge < -0.3 is 19.5 Å². The Morgan fingerprint density at radius 1 is 1.03 bits per heavy atom. The highest BCUT2D eigenvalue weighted by Gasteiger charge is 2.33. The van der Waals surface area contributed by atoms with Gasteiger partial charge in [0.2, 0.25) is 0 Å². The maximum absolute atomic E-state index is 5.99. The smallest absolute Gasteiger partial charge is 0.161 e. The second kappa shape index (κ2) is 10.8. The van der Waals surface area contributed by atoms with Crippen LogP contribution in [0.4, 0.5) is 0 Å². The van der Waals surface area contributed by atoms with Crippen molar-refractivity contribution in [2.75, 3.05) is 27.4 Å². The number of quaternary nitrogens is 1. The third kappa shape index (κ3) is 6.48. The van der Waals surface area contributed by atoms with Crippen LogP contribution in [0.5, 0.6) is 11.5 Å². The predicted octanol–water partition coefficient (Wildman–Crippen LogP) is 4.22. The average molecular weight is 413 g/mol. The molecule has 4 heteroatoms. The van der Waals surface area contributed by atoms with Gasteiger partial charge in [0, 0.05) is 12.2 Å². The second-order valence-electron chi connectivity index (χ2n) is 9.07. The molecule has 2 atom stereocenters. The van der Waals surface area contributed by atoms with Crippen LogP contribution < -0.4 is 14.8 Å². The fraction of sp³-hybridized carbons (Fsp3) is 0.538. The lowest BCUT2D eigenvalue weighted by atomic mass is 9.75. The first-order valence-corrected chi connectivity index (χ1v) is 11.2. The summed E-state index contributed by atoms with van der Waals surface area (Å²) in [4.78, 5) is 0. The van der Waals surface area contributed by atoms with E-state index >= 15 is 0 Å². The molecule has 4 nitrogen and oxygen atoms in total. The molecular formula is C26H38NO3+. The van der Waals surface area contributed by atoms with Crippen LogP contribution in [0, 0.1) is 11.8 Å². The summed E-state index contributed by atoms with van der Waals surface area (Å²) in [5.41, 5.74) is 2.72. The van der Waals surface area contributed by atoms with Crippen molar-refractivity contribution in [3.8, 4) is 11.5 Å². The maximum atomic E-state index is 5.99. The Kier molecular flexibility index (Phi) is 8.17. The molecule has 1 aliphatic rings. The zero-order valence-electron chi connectivity index (χ0n) is 19.0. The van der Waals surface area contributed by atoms with Crippen molar-refractivity contribution in [2.24, 2.45) is 11.8 Å². The molecular weight excluding hydrogens is 374 g/mol. The Balaban J connectivity index is 1.58. The van der Waals surface area contributed by atoms with Crippen molar-refractivity contribution in [3.63, 3.8) is 0 Å². The standard InChI is InChI=1S/C26H37NO3/c1-26(2)18-23(13-15-30-26)22(16-20-8-6-5-7-9-20)12-14-27-19-21-10-11-24(28-3)25(17-21)29-4/h5-11,17,22-23,27H,12-16,18-19H2,1-4H3/p+1/t22-,23+/m0/s1. The van der Waals surface area contributed by atoms with Crippen LogP contribution in [0.1, 0.15) is 44.2 Å². The minimum atomic E-state index is 0.00121. The summed E-state index contributed by atoms with van der Waals surface area (Å²) in [5.74, 6) is 3.00. The van der Waals surface area contributed by atoms with E-state index in [1.54, 1.807) is 14.2 Å². The Hall–Kier alpha value is -2.04. The first-order chi connectivity index (χ1) is 14.5. The van der Waals surface area contributed by atoms with E-state index < -0.39 is 0 Å². The summed E-state index contributed by atoms with van der Waals surface area (Å²) in [6, 6.07) is 17.2. The SMILES string of the molecule is COc1ccc(C[NH2+]CC[C@@H](Cc2ccccc2)[C@@H]2CCOC(C)(C)C2)cc1OC. The molecule has 0 aromatic heterocycles. The van der Waals surface area contributed by atoms with Crippen molar-refractivity contribution >= 4 is 0 Å². The third-order valence-electron chi connectivity index (χ3n) is 6.31. The van der Waals surface area contributed by atoms with E-state index in [2.05, 4.69) is 61.6 Å². The summed E-state index contributed by atoms with van der Waals surface area (Å²) in [6.07, 6.45) is 4.71. The number of hydrogen-bond acceptors (Lipinski definition) is 3. The highest BCUT2D eigenvalue weighted by atomic mass is 16.5. The minimum Gasteiger partial charge on any atom is -0.493 e. The van der Waals surface area contributed by atoms with E-state index in [0.717, 1.165) is 50.0 Å². The number of hydrogen-bond donors (Lipinski definition) is 1. The zero-order valence-corrected chi connectivity index (χ0v) is 19.0. The summed E-state index contributed by atoms with van der Waals surface area (Å²) in [6.45, 7) is 7.45. The Labute approximate surface area is 181 Å². The first-order valence-electron chi connectivity index (χ1n) is 11.2. The molecule has 164 valence electrons. The van der Waals surface area contributed by atoms with Crippen molar-refractivity contribution in [1.82, 2.24) is 0 Å². The molecule has 1 heterocycles. The van der Waals surface area contributed by atoms with Gasteiger partial charge in [-0.1, -0.05) is 30.3 Å². The molecule has 0 amide bonds. The molecule has 0 saturated carbocycles. The molecule has 1 saturated heterocycles. The van der Waals surface area contributed by atoms with Gasteiger partial charge >= 0.3 is 0 Å². The molecule has 0 bridgehead atoms. The van der Waals surface area contributed by atoms with Crippen LogP contribution >= 0.6 is 0 Å². The van der Waals surface area contributed by atoms with Gasteiger partial charge in [-0.25, -0.2) is 0 Å². The topological polar surface area (TPSA) is 44.3 Å². The van der Waals surface area contributed by atoms with Crippen LogP contribution in [0.2, 0.25) is 0 Å². The summed E-state index contributed by atoms with van der Waals surface area (Å²) in [7, 11) is 3.36. The summed E-state index contributed by atoms with van der Waals surface area (Å²) < 4.78 is 16.8. The maximum Gasteiger partial charge on any atom is 0.161 e. The monoisotopic (exact) mass is 412 g/mol. The lowest BCUT2D eigenvalue weighted by molar-refractivity contribution is -0.671. The van der Waals surface area contributed by atoms with Crippen molar-refractivity contribution in [2.45, 2.75) is 51.7 Å². The molecule has 0 radical (unpaired) electrons. The molecule has 0 unspecified atom stereocenters. The fourth-order valence-electron chi connectivity index (χ4n) is 4.71. The molecule has 2 aromatic rings. The predicted molar refractivity (Wildman–Crippen MR) is 121 cm³/mol. The normalized spacial score (nSPS) is 19.3. The molecule has 3 rings (SSSR count). The van der Waals surface area contributed by atoms with Gasteiger partial charge in [-0.2, -0.15) is 0 Å². The zero-order chi connectivity index (χ0) is 21.4. The molecule has 1 fully saturated rings. The lowest BCUT2D eigenvalue weighted by Gasteiger charge is -2.39. The van der Waals surface area contributed by atoms with Crippen LogP contribution in [0.15, 0.2) is 48.5 Å². The van der Waals surface area contributed by atoms with Gasteiger partial charge in [-0.05, 0) is 75.1 Å². The first kappa shape index (κ1) is 22.6. The molecule has 0 aliphatic carbocycles. The number of methoxy groups -OCH3 is 2. The van der Waals surface area contributed by atoms with E-state index in [4.69, 9.17) is 14.2 Å². The van der Waals surface area contributed by atoms with Crippen LogP contribution in [0.3, 0.4) is 0 Å². The van der Waals surface area contributed by atoms with Crippen LogP contribution in [-0.4, -0.2) is 33.0 Å². The third-order valence-corrected chi connectivity index (χ3v) is 6.31. The van der Waals surface area contributed by atoms with E-state index in [9.17, 15) is 0 Å². The van der Waals surface area contributed by atoms with Gasteiger partial charge in [0.25, 0.3) is 0 Å². The van der Waals surface area contributed by atoms with E-state index in [1.165, 1.54) is 24.0 Å². The number of ether oxygens (including phenoxy) is 3. The average Bonchev–Trinajstić information content (AvgIpc) is 2.75. The Morgan fingerprint density at radius 3 is 2.50 bits per heavy atom.